The molecule has 2 aliphatic rings. The number of anilines is 1. The summed E-state index contributed by atoms with van der Waals surface area (Å²) < 4.78 is 4.98. The minimum absolute atomic E-state index is 0.0321. The summed E-state index contributed by atoms with van der Waals surface area (Å²) in [5, 5.41) is 27.4. The number of aliphatic carboxylic acids is 1. The molecule has 2 aromatic rings. The van der Waals surface area contributed by atoms with Gasteiger partial charge in [-0.1, -0.05) is 50.9 Å². The van der Waals surface area contributed by atoms with Crippen molar-refractivity contribution in [2.24, 2.45) is 5.16 Å². The van der Waals surface area contributed by atoms with E-state index in [0.717, 1.165) is 16.2 Å². The number of fused-ring (bicyclic) bond motifs is 1. The Hall–Kier alpha value is -3.07. The predicted molar refractivity (Wildman–Crippen MR) is 120 cm³/mol. The second-order valence-electron chi connectivity index (χ2n) is 6.55. The number of carboxylic acids is 1. The summed E-state index contributed by atoms with van der Waals surface area (Å²) in [5.41, 5.74) is 5.03. The van der Waals surface area contributed by atoms with Crippen molar-refractivity contribution in [1.29, 1.82) is 0 Å². The topological polar surface area (TPSA) is 184 Å². The van der Waals surface area contributed by atoms with Gasteiger partial charge in [-0.05, 0) is 11.6 Å². The number of β-lactam (4-membered cyclic amide) rings is 1. The monoisotopic (exact) mass is 530 g/mol. The quantitative estimate of drug-likeness (QED) is 0.185. The molecule has 2 aliphatic heterocycles. The second kappa shape index (κ2) is 9.05. The zero-order chi connectivity index (χ0) is 23.9. The summed E-state index contributed by atoms with van der Waals surface area (Å²) in [4.78, 5) is 42.2. The molecule has 16 heteroatoms. The van der Waals surface area contributed by atoms with Crippen LogP contribution in [0.5, 0.6) is 0 Å². The smallest absolute Gasteiger partial charge is 0.352 e. The lowest BCUT2D eigenvalue weighted by atomic mass is 10.0. The Morgan fingerprint density at radius 2 is 2.15 bits per heavy atom. The average Bonchev–Trinajstić information content (AvgIpc) is 3.34. The van der Waals surface area contributed by atoms with E-state index < -0.39 is 34.9 Å². The molecule has 0 unspecified atom stereocenters. The molecule has 0 radical (unpaired) electrons. The van der Waals surface area contributed by atoms with Gasteiger partial charge in [0.2, 0.25) is 0 Å². The van der Waals surface area contributed by atoms with Crippen molar-refractivity contribution in [3.05, 3.63) is 44.4 Å². The van der Waals surface area contributed by atoms with E-state index in [1.54, 1.807) is 0 Å². The molecule has 0 spiro atoms. The number of rotatable bonds is 6. The molecular weight excluding hydrogens is 519 g/mol. The van der Waals surface area contributed by atoms with E-state index in [4.69, 9.17) is 33.5 Å². The normalized spacial score (nSPS) is 20.7. The standard InChI is InChI=1S/C17H12Cl2N6O6S2/c18-7-3-6(31-24-7)2-1-5-4-32-15-10(14(27)25(15)11(5)16(28)29)21-13(26)9(23-30)8-12(19)33-17(20)22-8/h1-3,10,15,30H,4H2,(H2,20,22)(H,21,26)(H,28,29)/b2-1-,23-9-/t10-,15-/m1/s1. The van der Waals surface area contributed by atoms with Gasteiger partial charge in [-0.25, -0.2) is 9.78 Å². The van der Waals surface area contributed by atoms with Gasteiger partial charge >= 0.3 is 5.97 Å². The molecule has 4 heterocycles. The molecule has 172 valence electrons. The molecule has 4 rings (SSSR count). The number of carboxylic acid groups (broad SMARTS) is 1. The number of allylic oxidation sites excluding steroid dienone is 1. The molecule has 0 bridgehead atoms. The SMILES string of the molecule is Nc1nc(/C(=N/O)C(=O)N[C@@H]2C(=O)N3C(C(=O)O)=C(/C=C\c4cc(Cl)no4)CS[C@H]23)c(Cl)s1. The predicted octanol–water partition coefficient (Wildman–Crippen LogP) is 1.65. The maximum Gasteiger partial charge on any atom is 0.352 e. The molecule has 5 N–H and O–H groups in total. The minimum atomic E-state index is -1.31. The maximum absolute atomic E-state index is 12.8. The molecule has 33 heavy (non-hydrogen) atoms. The van der Waals surface area contributed by atoms with E-state index in [-0.39, 0.29) is 31.8 Å². The van der Waals surface area contributed by atoms with Crippen LogP contribution in [0, 0.1) is 0 Å². The summed E-state index contributed by atoms with van der Waals surface area (Å²) >= 11 is 13.8. The van der Waals surface area contributed by atoms with Crippen LogP contribution >= 0.6 is 46.3 Å². The van der Waals surface area contributed by atoms with Crippen molar-refractivity contribution in [1.82, 2.24) is 20.4 Å². The average molecular weight is 531 g/mol. The highest BCUT2D eigenvalue weighted by Gasteiger charge is 2.54. The number of nitrogens with zero attached hydrogens (tertiary/aromatic N) is 4. The van der Waals surface area contributed by atoms with Crippen molar-refractivity contribution in [2.45, 2.75) is 11.4 Å². The third kappa shape index (κ3) is 4.29. The number of nitrogens with two attached hydrogens (primary N) is 1. The number of nitrogen functional groups attached to an aromatic ring is 1. The Labute approximate surface area is 202 Å². The van der Waals surface area contributed by atoms with Gasteiger partial charge in [0.25, 0.3) is 11.8 Å². The van der Waals surface area contributed by atoms with Crippen LogP contribution in [-0.2, 0) is 14.4 Å². The summed E-state index contributed by atoms with van der Waals surface area (Å²) in [6.07, 6.45) is 2.97. The van der Waals surface area contributed by atoms with Crippen molar-refractivity contribution in [2.75, 3.05) is 11.5 Å². The molecule has 1 saturated heterocycles. The molecule has 0 aliphatic carbocycles. The van der Waals surface area contributed by atoms with E-state index in [1.807, 2.05) is 0 Å². The van der Waals surface area contributed by atoms with Gasteiger partial charge in [-0.3, -0.25) is 14.5 Å². The number of nitrogens with one attached hydrogen (secondary N) is 1. The van der Waals surface area contributed by atoms with E-state index in [9.17, 15) is 24.7 Å². The Kier molecular flexibility index (Phi) is 6.34. The number of aromatic nitrogens is 2. The third-order valence-electron chi connectivity index (χ3n) is 4.58. The van der Waals surface area contributed by atoms with E-state index in [1.165, 1.54) is 30.0 Å². The maximum atomic E-state index is 12.8. The third-order valence-corrected chi connectivity index (χ3v) is 7.14. The van der Waals surface area contributed by atoms with Crippen LogP contribution in [0.15, 0.2) is 33.1 Å². The van der Waals surface area contributed by atoms with Crippen LogP contribution in [0.4, 0.5) is 5.13 Å². The number of hydrogen-bond acceptors (Lipinski definition) is 11. The molecule has 2 aromatic heterocycles. The van der Waals surface area contributed by atoms with Crippen molar-refractivity contribution in [3.63, 3.8) is 0 Å². The highest BCUT2D eigenvalue weighted by molar-refractivity contribution is 8.00. The summed E-state index contributed by atoms with van der Waals surface area (Å²) in [5.74, 6) is -2.33. The first-order chi connectivity index (χ1) is 15.7. The number of carbonyl (C=O) groups excluding carboxylic acids is 2. The first-order valence-electron chi connectivity index (χ1n) is 8.87. The van der Waals surface area contributed by atoms with Crippen LogP contribution in [0.2, 0.25) is 9.49 Å². The van der Waals surface area contributed by atoms with E-state index in [2.05, 4.69) is 20.6 Å². The highest BCUT2D eigenvalue weighted by Crippen LogP contribution is 2.41. The van der Waals surface area contributed by atoms with Crippen molar-refractivity contribution in [3.8, 4) is 0 Å². The Morgan fingerprint density at radius 1 is 1.39 bits per heavy atom. The molecule has 1 fully saturated rings. The number of halogens is 2. The van der Waals surface area contributed by atoms with Crippen LogP contribution in [-0.4, -0.2) is 66.0 Å². The van der Waals surface area contributed by atoms with Gasteiger partial charge in [-0.15, -0.1) is 11.8 Å². The first-order valence-corrected chi connectivity index (χ1v) is 11.5. The zero-order valence-electron chi connectivity index (χ0n) is 16.1. The molecule has 0 saturated carbocycles. The van der Waals surface area contributed by atoms with Gasteiger partial charge in [0.05, 0.1) is 0 Å². The fraction of sp³-hybridized carbons (Fsp3) is 0.176. The van der Waals surface area contributed by atoms with Crippen LogP contribution in [0.3, 0.4) is 0 Å². The Balaban J connectivity index is 1.53. The number of hydrogen-bond donors (Lipinski definition) is 4. The van der Waals surface area contributed by atoms with Crippen LogP contribution in [0.1, 0.15) is 11.5 Å². The van der Waals surface area contributed by atoms with Crippen LogP contribution < -0.4 is 11.1 Å². The fourth-order valence-corrected chi connectivity index (χ4v) is 5.56. The summed E-state index contributed by atoms with van der Waals surface area (Å²) in [7, 11) is 0. The molecule has 2 atom stereocenters. The van der Waals surface area contributed by atoms with Gasteiger partial charge in [0, 0.05) is 11.8 Å². The molecule has 2 amide bonds. The van der Waals surface area contributed by atoms with E-state index >= 15 is 0 Å². The number of oxime groups is 1. The number of thiazole rings is 1. The lowest BCUT2D eigenvalue weighted by Crippen LogP contribution is -2.71. The van der Waals surface area contributed by atoms with Crippen molar-refractivity contribution >= 4 is 81.0 Å². The molecule has 0 aromatic carbocycles. The summed E-state index contributed by atoms with van der Waals surface area (Å²) in [6, 6.07) is 0.391. The zero-order valence-corrected chi connectivity index (χ0v) is 19.2. The van der Waals surface area contributed by atoms with E-state index in [0.29, 0.717) is 11.3 Å². The molecular formula is C17H12Cl2N6O6S2. The van der Waals surface area contributed by atoms with Crippen molar-refractivity contribution < 1.29 is 29.2 Å². The highest BCUT2D eigenvalue weighted by atomic mass is 35.5. The minimum Gasteiger partial charge on any atom is -0.477 e. The number of thioether (sulfide) groups is 1. The lowest BCUT2D eigenvalue weighted by Gasteiger charge is -2.49. The second-order valence-corrected chi connectivity index (χ2v) is 9.67. The van der Waals surface area contributed by atoms with Crippen LogP contribution in [0.25, 0.3) is 6.08 Å². The first kappa shape index (κ1) is 23.1. The van der Waals surface area contributed by atoms with Gasteiger partial charge in [0.1, 0.15) is 27.1 Å². The van der Waals surface area contributed by atoms with Gasteiger partial charge in [-0.2, -0.15) is 0 Å². The largest absolute Gasteiger partial charge is 0.477 e. The van der Waals surface area contributed by atoms with Gasteiger partial charge in [0.15, 0.2) is 21.8 Å². The number of carbonyl (C=O) groups is 3. The summed E-state index contributed by atoms with van der Waals surface area (Å²) in [6.45, 7) is 0. The lowest BCUT2D eigenvalue weighted by molar-refractivity contribution is -0.150. The van der Waals surface area contributed by atoms with Gasteiger partial charge < -0.3 is 25.9 Å². The number of amides is 2. The molecule has 12 nitrogen and oxygen atoms in total. The Morgan fingerprint density at radius 3 is 2.73 bits per heavy atom. The fourth-order valence-electron chi connectivity index (χ4n) is 3.17. The Bertz CT molecular complexity index is 1250.